The first-order valence-corrected chi connectivity index (χ1v) is 3.56. The lowest BCUT2D eigenvalue weighted by Gasteiger charge is -2.06. The molecule has 0 radical (unpaired) electrons. The molecule has 0 rings (SSSR count). The van der Waals surface area contributed by atoms with Gasteiger partial charge in [0, 0.05) is 6.42 Å². The van der Waals surface area contributed by atoms with Gasteiger partial charge in [-0.15, -0.1) is 12.4 Å². The fourth-order valence-electron chi connectivity index (χ4n) is 0.568. The second-order valence-electron chi connectivity index (χ2n) is 2.43. The van der Waals surface area contributed by atoms with Crippen molar-refractivity contribution in [3.05, 3.63) is 0 Å². The molecule has 0 fully saturated rings. The number of hydrogen-bond donors (Lipinski definition) is 1. The Hall–Kier alpha value is -0.280. The molecule has 4 heteroatoms. The summed E-state index contributed by atoms with van der Waals surface area (Å²) in [5, 5.41) is 0. The van der Waals surface area contributed by atoms with E-state index in [2.05, 4.69) is 0 Å². The number of hydrogen-bond acceptors (Lipinski definition) is 3. The van der Waals surface area contributed by atoms with Gasteiger partial charge in [-0.3, -0.25) is 4.79 Å². The molecule has 0 aromatic carbocycles. The molecular weight excluding hydrogens is 166 g/mol. The molecule has 68 valence electrons. The average Bonchev–Trinajstić information content (AvgIpc) is 1.82. The normalized spacial score (nSPS) is 9.09. The molecule has 3 nitrogen and oxygen atoms in total. The summed E-state index contributed by atoms with van der Waals surface area (Å²) < 4.78 is 4.86. The summed E-state index contributed by atoms with van der Waals surface area (Å²) in [7, 11) is 0. The monoisotopic (exact) mass is 181 g/mol. The van der Waals surface area contributed by atoms with Gasteiger partial charge in [-0.1, -0.05) is 0 Å². The van der Waals surface area contributed by atoms with E-state index in [0.717, 1.165) is 0 Å². The van der Waals surface area contributed by atoms with Crippen LogP contribution < -0.4 is 5.73 Å². The van der Waals surface area contributed by atoms with Gasteiger partial charge in [0.05, 0.1) is 6.10 Å². The van der Waals surface area contributed by atoms with Crippen molar-refractivity contribution in [2.45, 2.75) is 32.8 Å². The predicted molar refractivity (Wildman–Crippen MR) is 46.8 cm³/mol. The first-order valence-electron chi connectivity index (χ1n) is 3.56. The topological polar surface area (TPSA) is 52.3 Å². The van der Waals surface area contributed by atoms with Crippen LogP contribution in [0, 0.1) is 0 Å². The second kappa shape index (κ2) is 7.82. The van der Waals surface area contributed by atoms with Crippen molar-refractivity contribution in [1.29, 1.82) is 0 Å². The molecule has 0 bridgehead atoms. The van der Waals surface area contributed by atoms with Gasteiger partial charge in [0.1, 0.15) is 0 Å². The molecule has 0 aromatic heterocycles. The van der Waals surface area contributed by atoms with Crippen LogP contribution in [0.15, 0.2) is 0 Å². The van der Waals surface area contributed by atoms with E-state index >= 15 is 0 Å². The lowest BCUT2D eigenvalue weighted by atomic mass is 10.3. The number of carbonyl (C=O) groups is 1. The van der Waals surface area contributed by atoms with Crippen molar-refractivity contribution in [2.75, 3.05) is 6.54 Å². The van der Waals surface area contributed by atoms with Crippen LogP contribution >= 0.6 is 12.4 Å². The first kappa shape index (κ1) is 13.3. The van der Waals surface area contributed by atoms with Crippen LogP contribution in [0.5, 0.6) is 0 Å². The molecule has 0 aromatic rings. The van der Waals surface area contributed by atoms with Crippen LogP contribution in [0.3, 0.4) is 0 Å². The molecule has 0 amide bonds. The minimum absolute atomic E-state index is 0. The molecule has 0 heterocycles. The van der Waals surface area contributed by atoms with Crippen LogP contribution in [0.25, 0.3) is 0 Å². The Morgan fingerprint density at radius 1 is 1.55 bits per heavy atom. The minimum atomic E-state index is -0.152. The summed E-state index contributed by atoms with van der Waals surface area (Å²) in [5.74, 6) is -0.152. The lowest BCUT2D eigenvalue weighted by Crippen LogP contribution is -2.12. The number of nitrogens with two attached hydrogens (primary N) is 1. The molecule has 0 saturated heterocycles. The van der Waals surface area contributed by atoms with E-state index in [0.29, 0.717) is 19.4 Å². The Labute approximate surface area is 73.7 Å². The Bertz CT molecular complexity index is 107. The van der Waals surface area contributed by atoms with Gasteiger partial charge >= 0.3 is 5.97 Å². The standard InChI is InChI=1S/C7H15NO2.ClH/c1-6(2)10-7(9)4-3-5-8;/h6H,3-5,8H2,1-2H3;1H. The van der Waals surface area contributed by atoms with E-state index in [1.165, 1.54) is 0 Å². The maximum absolute atomic E-state index is 10.7. The molecule has 11 heavy (non-hydrogen) atoms. The number of esters is 1. The number of rotatable bonds is 4. The molecule has 0 saturated carbocycles. The van der Waals surface area contributed by atoms with Crippen molar-refractivity contribution in [3.8, 4) is 0 Å². The Kier molecular flexibility index (Phi) is 9.47. The smallest absolute Gasteiger partial charge is 0.306 e. The van der Waals surface area contributed by atoms with Crippen LogP contribution in [-0.4, -0.2) is 18.6 Å². The zero-order valence-electron chi connectivity index (χ0n) is 7.00. The highest BCUT2D eigenvalue weighted by Crippen LogP contribution is 1.94. The van der Waals surface area contributed by atoms with Crippen molar-refractivity contribution < 1.29 is 9.53 Å². The highest BCUT2D eigenvalue weighted by Gasteiger charge is 2.02. The molecule has 2 N–H and O–H groups in total. The van der Waals surface area contributed by atoms with Gasteiger partial charge in [0.2, 0.25) is 0 Å². The Morgan fingerprint density at radius 3 is 2.45 bits per heavy atom. The molecular formula is C7H16ClNO2. The van der Waals surface area contributed by atoms with Crippen LogP contribution in [0.1, 0.15) is 26.7 Å². The fraction of sp³-hybridized carbons (Fsp3) is 0.857. The highest BCUT2D eigenvalue weighted by molar-refractivity contribution is 5.85. The number of ether oxygens (including phenoxy) is 1. The van der Waals surface area contributed by atoms with Crippen LogP contribution in [-0.2, 0) is 9.53 Å². The van der Waals surface area contributed by atoms with Gasteiger partial charge in [-0.25, -0.2) is 0 Å². The van der Waals surface area contributed by atoms with Crippen molar-refractivity contribution in [2.24, 2.45) is 5.73 Å². The molecule has 0 spiro atoms. The quantitative estimate of drug-likeness (QED) is 0.661. The van der Waals surface area contributed by atoms with E-state index in [-0.39, 0.29) is 24.5 Å². The van der Waals surface area contributed by atoms with E-state index < -0.39 is 0 Å². The summed E-state index contributed by atoms with van der Waals surface area (Å²) in [6, 6.07) is 0. The van der Waals surface area contributed by atoms with Crippen molar-refractivity contribution in [3.63, 3.8) is 0 Å². The summed E-state index contributed by atoms with van der Waals surface area (Å²) in [6.07, 6.45) is 1.14. The van der Waals surface area contributed by atoms with E-state index in [9.17, 15) is 4.79 Å². The Morgan fingerprint density at radius 2 is 2.09 bits per heavy atom. The lowest BCUT2D eigenvalue weighted by molar-refractivity contribution is -0.147. The second-order valence-corrected chi connectivity index (χ2v) is 2.43. The molecule has 0 aliphatic rings. The third-order valence-electron chi connectivity index (χ3n) is 0.952. The van der Waals surface area contributed by atoms with Gasteiger partial charge in [-0.05, 0) is 26.8 Å². The van der Waals surface area contributed by atoms with Gasteiger partial charge in [0.15, 0.2) is 0 Å². The summed E-state index contributed by atoms with van der Waals surface area (Å²) in [6.45, 7) is 4.22. The predicted octanol–water partition coefficient (Wildman–Crippen LogP) is 1.10. The van der Waals surface area contributed by atoms with E-state index in [4.69, 9.17) is 10.5 Å². The van der Waals surface area contributed by atoms with Crippen molar-refractivity contribution >= 4 is 18.4 Å². The largest absolute Gasteiger partial charge is 0.463 e. The summed E-state index contributed by atoms with van der Waals surface area (Å²) in [5.41, 5.74) is 5.20. The molecule has 0 aliphatic heterocycles. The Balaban J connectivity index is 0. The van der Waals surface area contributed by atoms with Crippen LogP contribution in [0.4, 0.5) is 0 Å². The molecule has 0 unspecified atom stereocenters. The summed E-state index contributed by atoms with van der Waals surface area (Å²) >= 11 is 0. The third kappa shape index (κ3) is 9.72. The molecule has 0 atom stereocenters. The maximum Gasteiger partial charge on any atom is 0.306 e. The van der Waals surface area contributed by atoms with E-state index in [1.807, 2.05) is 13.8 Å². The number of carbonyl (C=O) groups excluding carboxylic acids is 1. The van der Waals surface area contributed by atoms with Crippen LogP contribution in [0.2, 0.25) is 0 Å². The first-order chi connectivity index (χ1) is 4.66. The zero-order chi connectivity index (χ0) is 7.98. The summed E-state index contributed by atoms with van der Waals surface area (Å²) in [4.78, 5) is 10.7. The highest BCUT2D eigenvalue weighted by atomic mass is 35.5. The third-order valence-corrected chi connectivity index (χ3v) is 0.952. The van der Waals surface area contributed by atoms with E-state index in [1.54, 1.807) is 0 Å². The van der Waals surface area contributed by atoms with Crippen molar-refractivity contribution in [1.82, 2.24) is 0 Å². The fourth-order valence-corrected chi connectivity index (χ4v) is 0.568. The average molecular weight is 182 g/mol. The molecule has 0 aliphatic carbocycles. The van der Waals surface area contributed by atoms with Gasteiger partial charge in [-0.2, -0.15) is 0 Å². The minimum Gasteiger partial charge on any atom is -0.463 e. The van der Waals surface area contributed by atoms with Gasteiger partial charge < -0.3 is 10.5 Å². The maximum atomic E-state index is 10.7. The number of halogens is 1. The SMILES string of the molecule is CC(C)OC(=O)CCCN.Cl. The zero-order valence-corrected chi connectivity index (χ0v) is 7.82. The van der Waals surface area contributed by atoms with Gasteiger partial charge in [0.25, 0.3) is 0 Å².